The fourth-order valence-electron chi connectivity index (χ4n) is 4.45. The molecule has 1 rings (SSSR count). The number of hydrogen-bond donors (Lipinski definition) is 1. The smallest absolute Gasteiger partial charge is 0.257 e. The van der Waals surface area contributed by atoms with Crippen molar-refractivity contribution >= 4 is 5.91 Å². The van der Waals surface area contributed by atoms with E-state index >= 15 is 0 Å². The second kappa shape index (κ2) is 17.0. The summed E-state index contributed by atoms with van der Waals surface area (Å²) in [6.07, 6.45) is 18.9. The van der Waals surface area contributed by atoms with Crippen LogP contribution in [0, 0.1) is 0 Å². The molecule has 0 atom stereocenters. The topological polar surface area (TPSA) is 38.3 Å². The first-order valence-corrected chi connectivity index (χ1v) is 14.6. The molecule has 0 heterocycles. The molecule has 35 heavy (non-hydrogen) atoms. The highest BCUT2D eigenvalue weighted by Gasteiger charge is 2.23. The number of nitrogens with one attached hydrogen (secondary N) is 1. The number of rotatable bonds is 18. The van der Waals surface area contributed by atoms with E-state index in [0.29, 0.717) is 0 Å². The van der Waals surface area contributed by atoms with Crippen molar-refractivity contribution in [3.05, 3.63) is 29.3 Å². The fourth-order valence-corrected chi connectivity index (χ4v) is 4.45. The molecule has 0 aliphatic heterocycles. The van der Waals surface area contributed by atoms with Crippen molar-refractivity contribution in [2.24, 2.45) is 0 Å². The van der Waals surface area contributed by atoms with E-state index in [0.717, 1.165) is 24.3 Å². The van der Waals surface area contributed by atoms with Gasteiger partial charge in [0.25, 0.3) is 5.91 Å². The number of hydrogen-bond acceptors (Lipinski definition) is 2. The van der Waals surface area contributed by atoms with Gasteiger partial charge >= 0.3 is 0 Å². The number of unbranched alkanes of at least 4 members (excludes halogenated alkanes) is 13. The van der Waals surface area contributed by atoms with Crippen molar-refractivity contribution in [1.82, 2.24) is 5.32 Å². The zero-order chi connectivity index (χ0) is 26.2. The molecule has 0 saturated heterocycles. The van der Waals surface area contributed by atoms with E-state index in [-0.39, 0.29) is 23.3 Å². The molecule has 0 aliphatic carbocycles. The van der Waals surface area contributed by atoms with Crippen molar-refractivity contribution in [2.45, 2.75) is 149 Å². The first-order valence-electron chi connectivity index (χ1n) is 14.6. The van der Waals surface area contributed by atoms with Gasteiger partial charge in [-0.3, -0.25) is 4.79 Å². The quantitative estimate of drug-likeness (QED) is 0.209. The van der Waals surface area contributed by atoms with Crippen molar-refractivity contribution in [3.8, 4) is 5.75 Å². The predicted octanol–water partition coefficient (Wildman–Crippen LogP) is 9.26. The summed E-state index contributed by atoms with van der Waals surface area (Å²) >= 11 is 0. The van der Waals surface area contributed by atoms with Crippen LogP contribution >= 0.6 is 0 Å². The number of carbonyl (C=O) groups is 1. The van der Waals surface area contributed by atoms with Crippen molar-refractivity contribution in [1.29, 1.82) is 0 Å². The summed E-state index contributed by atoms with van der Waals surface area (Å²) in [5, 5.41) is 3.03. The molecule has 1 aromatic carbocycles. The minimum absolute atomic E-state index is 0.0283. The van der Waals surface area contributed by atoms with Crippen LogP contribution in [0.1, 0.15) is 149 Å². The highest BCUT2D eigenvalue weighted by Crippen LogP contribution is 2.35. The average Bonchev–Trinajstić information content (AvgIpc) is 2.79. The van der Waals surface area contributed by atoms with Gasteiger partial charge in [0.2, 0.25) is 0 Å². The number of amides is 1. The highest BCUT2D eigenvalue weighted by molar-refractivity contribution is 5.77. The van der Waals surface area contributed by atoms with Crippen LogP contribution in [0.25, 0.3) is 0 Å². The molecule has 202 valence electrons. The third kappa shape index (κ3) is 14.6. The van der Waals surface area contributed by atoms with Crippen LogP contribution in [0.3, 0.4) is 0 Å². The van der Waals surface area contributed by atoms with Crippen LogP contribution in [0.2, 0.25) is 0 Å². The molecular weight excluding hydrogens is 430 g/mol. The lowest BCUT2D eigenvalue weighted by Crippen LogP contribution is -2.30. The Labute approximate surface area is 218 Å². The summed E-state index contributed by atoms with van der Waals surface area (Å²) in [5.74, 6) is 0.789. The largest absolute Gasteiger partial charge is 0.483 e. The maximum atomic E-state index is 12.3. The van der Waals surface area contributed by atoms with E-state index in [9.17, 15) is 4.79 Å². The third-order valence-corrected chi connectivity index (χ3v) is 6.86. The Balaban J connectivity index is 2.14. The lowest BCUT2D eigenvalue weighted by molar-refractivity contribution is -0.123. The van der Waals surface area contributed by atoms with Crippen LogP contribution < -0.4 is 10.1 Å². The van der Waals surface area contributed by atoms with E-state index in [2.05, 4.69) is 65.9 Å². The van der Waals surface area contributed by atoms with Crippen molar-refractivity contribution < 1.29 is 9.53 Å². The second-order valence-corrected chi connectivity index (χ2v) is 12.4. The molecule has 1 N–H and O–H groups in total. The van der Waals surface area contributed by atoms with Crippen LogP contribution in [0.4, 0.5) is 0 Å². The summed E-state index contributed by atoms with van der Waals surface area (Å²) in [6, 6.07) is 6.39. The first kappa shape index (κ1) is 31.5. The zero-order valence-electron chi connectivity index (χ0n) is 24.4. The molecule has 3 heteroatoms. The molecule has 0 saturated carbocycles. The Morgan fingerprint density at radius 1 is 0.714 bits per heavy atom. The Morgan fingerprint density at radius 2 is 1.20 bits per heavy atom. The Kier molecular flexibility index (Phi) is 15.3. The second-order valence-electron chi connectivity index (χ2n) is 12.4. The van der Waals surface area contributed by atoms with E-state index in [4.69, 9.17) is 4.74 Å². The van der Waals surface area contributed by atoms with Crippen molar-refractivity contribution in [2.75, 3.05) is 13.2 Å². The maximum absolute atomic E-state index is 12.3. The normalized spacial score (nSPS) is 12.1. The lowest BCUT2D eigenvalue weighted by Gasteiger charge is -2.27. The minimum atomic E-state index is -0.0404. The van der Waals surface area contributed by atoms with Gasteiger partial charge in [0.1, 0.15) is 5.75 Å². The predicted molar refractivity (Wildman–Crippen MR) is 153 cm³/mol. The number of benzene rings is 1. The van der Waals surface area contributed by atoms with Gasteiger partial charge in [-0.05, 0) is 34.4 Å². The molecule has 0 fully saturated rings. The van der Waals surface area contributed by atoms with Gasteiger partial charge < -0.3 is 10.1 Å². The van der Waals surface area contributed by atoms with Gasteiger partial charge in [-0.2, -0.15) is 0 Å². The molecule has 1 aromatic rings. The summed E-state index contributed by atoms with van der Waals surface area (Å²) < 4.78 is 5.96. The van der Waals surface area contributed by atoms with Crippen molar-refractivity contribution in [3.63, 3.8) is 0 Å². The van der Waals surface area contributed by atoms with Gasteiger partial charge in [-0.15, -0.1) is 0 Å². The molecule has 0 bridgehead atoms. The van der Waals surface area contributed by atoms with Crippen LogP contribution in [0.15, 0.2) is 18.2 Å². The molecule has 1 amide bonds. The van der Waals surface area contributed by atoms with E-state index in [1.807, 2.05) is 6.07 Å². The SMILES string of the molecule is CCCCCCCCCCCCCCCCNC(=O)COc1ccc(C(C)(C)C)cc1C(C)(C)C. The van der Waals surface area contributed by atoms with Crippen LogP contribution in [0.5, 0.6) is 5.75 Å². The number of carbonyl (C=O) groups excluding carboxylic acids is 1. The number of ether oxygens (including phenoxy) is 1. The maximum Gasteiger partial charge on any atom is 0.257 e. The molecule has 0 radical (unpaired) electrons. The van der Waals surface area contributed by atoms with Gasteiger partial charge in [-0.1, -0.05) is 144 Å². The minimum Gasteiger partial charge on any atom is -0.483 e. The highest BCUT2D eigenvalue weighted by atomic mass is 16.5. The Hall–Kier alpha value is -1.51. The molecule has 0 unspecified atom stereocenters. The third-order valence-electron chi connectivity index (χ3n) is 6.86. The molecule has 0 aromatic heterocycles. The summed E-state index contributed by atoms with van der Waals surface area (Å²) in [7, 11) is 0. The standard InChI is InChI=1S/C32H57NO2/c1-8-9-10-11-12-13-14-15-16-17-18-19-20-21-24-33-30(34)26-35-29-23-22-27(31(2,3)4)25-28(29)32(5,6)7/h22-23,25H,8-21,24,26H2,1-7H3,(H,33,34). The van der Waals surface area contributed by atoms with Crippen LogP contribution in [-0.4, -0.2) is 19.1 Å². The van der Waals surface area contributed by atoms with Gasteiger partial charge in [-0.25, -0.2) is 0 Å². The summed E-state index contributed by atoms with van der Waals surface area (Å²) in [6.45, 7) is 16.3. The summed E-state index contributed by atoms with van der Waals surface area (Å²) in [4.78, 5) is 12.3. The lowest BCUT2D eigenvalue weighted by atomic mass is 9.80. The molecule has 0 aliphatic rings. The van der Waals surface area contributed by atoms with E-state index in [1.54, 1.807) is 0 Å². The van der Waals surface area contributed by atoms with Crippen LogP contribution in [-0.2, 0) is 15.6 Å². The Morgan fingerprint density at radius 3 is 1.66 bits per heavy atom. The summed E-state index contributed by atoms with van der Waals surface area (Å²) in [5.41, 5.74) is 2.49. The average molecular weight is 488 g/mol. The van der Waals surface area contributed by atoms with E-state index in [1.165, 1.54) is 89.0 Å². The Bertz CT molecular complexity index is 696. The van der Waals surface area contributed by atoms with E-state index < -0.39 is 0 Å². The fraction of sp³-hybridized carbons (Fsp3) is 0.781. The monoisotopic (exact) mass is 487 g/mol. The van der Waals surface area contributed by atoms with Gasteiger partial charge in [0.15, 0.2) is 6.61 Å². The first-order chi connectivity index (χ1) is 16.6. The van der Waals surface area contributed by atoms with Gasteiger partial charge in [0, 0.05) is 6.54 Å². The molecular formula is C32H57NO2. The molecule has 3 nitrogen and oxygen atoms in total. The molecule has 0 spiro atoms. The van der Waals surface area contributed by atoms with Gasteiger partial charge in [0.05, 0.1) is 0 Å². The zero-order valence-corrected chi connectivity index (χ0v) is 24.4.